The molecule has 1 amide bonds. The number of pyridine rings is 1. The molecule has 0 radical (unpaired) electrons. The largest absolute Gasteiger partial charge is 0.383 e. The van der Waals surface area contributed by atoms with E-state index in [2.05, 4.69) is 9.88 Å². The van der Waals surface area contributed by atoms with Gasteiger partial charge in [-0.3, -0.25) is 9.69 Å². The number of nitrogens with zero attached hydrogens (tertiary/aromatic N) is 3. The highest BCUT2D eigenvalue weighted by Crippen LogP contribution is 2.51. The molecule has 3 heterocycles. The van der Waals surface area contributed by atoms with Crippen molar-refractivity contribution < 1.29 is 10.2 Å². The highest BCUT2D eigenvalue weighted by Gasteiger charge is 2.61. The van der Waals surface area contributed by atoms with E-state index in [1.54, 1.807) is 0 Å². The number of benzene rings is 1. The molecule has 138 valence electrons. The zero-order valence-corrected chi connectivity index (χ0v) is 15.3. The van der Waals surface area contributed by atoms with E-state index in [1.807, 2.05) is 47.4 Å². The molecule has 4 N–H and O–H groups in total. The number of hydrogen-bond donors (Lipinski definition) is 2. The van der Waals surface area contributed by atoms with Gasteiger partial charge in [0.05, 0.1) is 17.3 Å². The lowest BCUT2D eigenvalue weighted by Gasteiger charge is -2.68. The van der Waals surface area contributed by atoms with Crippen LogP contribution in [0.25, 0.3) is 11.3 Å². The Kier molecular flexibility index (Phi) is 3.59. The minimum absolute atomic E-state index is 0.105. The summed E-state index contributed by atoms with van der Waals surface area (Å²) in [4.78, 5) is 22.1. The molecule has 3 aliphatic rings. The van der Waals surface area contributed by atoms with E-state index >= 15 is 0 Å². The Labute approximate surface area is 158 Å². The number of aromatic nitrogens is 1. The van der Waals surface area contributed by atoms with Gasteiger partial charge in [0.25, 0.3) is 5.71 Å². The normalized spacial score (nSPS) is 26.4. The van der Waals surface area contributed by atoms with Crippen LogP contribution in [0, 0.1) is 0 Å². The zero-order valence-electron chi connectivity index (χ0n) is 15.3. The smallest absolute Gasteiger partial charge is 0.319 e. The van der Waals surface area contributed by atoms with Crippen molar-refractivity contribution in [2.24, 2.45) is 0 Å². The first-order valence-corrected chi connectivity index (χ1v) is 9.61. The summed E-state index contributed by atoms with van der Waals surface area (Å²) in [7, 11) is 0. The zero-order chi connectivity index (χ0) is 18.6. The molecule has 6 heteroatoms. The van der Waals surface area contributed by atoms with Gasteiger partial charge in [0.2, 0.25) is 0 Å². The number of carbonyl (C=O) groups is 1. The lowest BCUT2D eigenvalue weighted by molar-refractivity contribution is -0.185. The average molecular weight is 362 g/mol. The van der Waals surface area contributed by atoms with Crippen LogP contribution in [0.2, 0.25) is 0 Å². The standard InChI is InChI=1S/C21H23N5O/c22-18(15-6-7-16(24-19(15)23)14-4-2-1-3-5-14)20(27)26-13-12-25-11-10-21(25)9-8-17(21)26/h1-7,17,22H,8-13H2,(H2,23,24)/p+1. The molecule has 1 saturated carbocycles. The minimum atomic E-state index is -0.105. The van der Waals surface area contributed by atoms with Gasteiger partial charge in [0, 0.05) is 30.7 Å². The van der Waals surface area contributed by atoms with Gasteiger partial charge < -0.3 is 10.6 Å². The van der Waals surface area contributed by atoms with Gasteiger partial charge in [0.15, 0.2) is 0 Å². The summed E-state index contributed by atoms with van der Waals surface area (Å²) >= 11 is 0. The molecule has 3 fully saturated rings. The third-order valence-corrected chi connectivity index (χ3v) is 6.68. The van der Waals surface area contributed by atoms with Crippen molar-refractivity contribution in [2.75, 3.05) is 25.4 Å². The number of carbonyl (C=O) groups excluding carboxylic acids is 1. The molecular formula is C21H24N5O+. The first-order chi connectivity index (χ1) is 13.1. The van der Waals surface area contributed by atoms with E-state index in [-0.39, 0.29) is 17.2 Å². The van der Waals surface area contributed by atoms with Gasteiger partial charge >= 0.3 is 5.91 Å². The summed E-state index contributed by atoms with van der Waals surface area (Å²) in [5.41, 5.74) is 8.90. The molecule has 6 nitrogen and oxygen atoms in total. The fraction of sp³-hybridized carbons (Fsp3) is 0.381. The lowest BCUT2D eigenvalue weighted by Crippen LogP contribution is -2.80. The van der Waals surface area contributed by atoms with Crippen molar-refractivity contribution in [3.8, 4) is 11.3 Å². The Morgan fingerprint density at radius 2 is 1.93 bits per heavy atom. The Hall–Kier alpha value is -2.73. The molecule has 27 heavy (non-hydrogen) atoms. The number of hydrogen-bond acceptors (Lipinski definition) is 4. The van der Waals surface area contributed by atoms with Crippen LogP contribution >= 0.6 is 0 Å². The van der Waals surface area contributed by atoms with Crippen LogP contribution in [0.4, 0.5) is 5.82 Å². The summed E-state index contributed by atoms with van der Waals surface area (Å²) in [6, 6.07) is 13.8. The molecule has 2 aromatic rings. The highest BCUT2D eigenvalue weighted by molar-refractivity contribution is 6.43. The van der Waals surface area contributed by atoms with Crippen molar-refractivity contribution in [2.45, 2.75) is 30.8 Å². The van der Waals surface area contributed by atoms with Crippen molar-refractivity contribution >= 4 is 17.4 Å². The van der Waals surface area contributed by atoms with E-state index in [0.29, 0.717) is 17.4 Å². The third-order valence-electron chi connectivity index (χ3n) is 6.68. The first-order valence-electron chi connectivity index (χ1n) is 9.61. The number of nitrogens with two attached hydrogens (primary N) is 2. The van der Waals surface area contributed by atoms with E-state index in [9.17, 15) is 4.79 Å². The predicted octanol–water partition coefficient (Wildman–Crippen LogP) is 0.328. The summed E-state index contributed by atoms with van der Waals surface area (Å²) in [6.07, 6.45) is 3.45. The van der Waals surface area contributed by atoms with Crippen LogP contribution in [0.5, 0.6) is 0 Å². The summed E-state index contributed by atoms with van der Waals surface area (Å²) in [6.45, 7) is 2.84. The van der Waals surface area contributed by atoms with Gasteiger partial charge in [-0.25, -0.2) is 10.4 Å². The van der Waals surface area contributed by atoms with Crippen LogP contribution in [0.1, 0.15) is 24.8 Å². The van der Waals surface area contributed by atoms with Crippen molar-refractivity contribution in [3.05, 3.63) is 48.0 Å². The van der Waals surface area contributed by atoms with Crippen LogP contribution in [-0.2, 0) is 4.79 Å². The lowest BCUT2D eigenvalue weighted by atomic mass is 9.61. The van der Waals surface area contributed by atoms with E-state index in [0.717, 1.165) is 37.3 Å². The molecule has 0 bridgehead atoms. The Balaban J connectivity index is 1.38. The molecular weight excluding hydrogens is 338 g/mol. The van der Waals surface area contributed by atoms with Gasteiger partial charge in [-0.05, 0) is 31.4 Å². The average Bonchev–Trinajstić information content (AvgIpc) is 2.64. The van der Waals surface area contributed by atoms with Crippen LogP contribution in [0.3, 0.4) is 0 Å². The van der Waals surface area contributed by atoms with Crippen molar-refractivity contribution in [1.82, 2.24) is 14.8 Å². The number of rotatable bonds is 3. The maximum Gasteiger partial charge on any atom is 0.319 e. The quantitative estimate of drug-likeness (QED) is 0.770. The molecule has 1 aliphatic carbocycles. The number of amides is 1. The topological polar surface area (TPSA) is 88.0 Å². The Morgan fingerprint density at radius 3 is 2.56 bits per heavy atom. The molecule has 5 rings (SSSR count). The number of nitrogen functional groups attached to an aromatic ring is 1. The highest BCUT2D eigenvalue weighted by atomic mass is 16.2. The molecule has 1 spiro atoms. The summed E-state index contributed by atoms with van der Waals surface area (Å²) in [5, 5.41) is 6.28. The molecule has 2 unspecified atom stereocenters. The maximum atomic E-state index is 13.1. The van der Waals surface area contributed by atoms with E-state index < -0.39 is 0 Å². The molecule has 2 atom stereocenters. The Bertz CT molecular complexity index is 923. The predicted molar refractivity (Wildman–Crippen MR) is 104 cm³/mol. The second-order valence-corrected chi connectivity index (χ2v) is 7.80. The first kappa shape index (κ1) is 16.4. The van der Waals surface area contributed by atoms with E-state index in [4.69, 9.17) is 11.1 Å². The summed E-state index contributed by atoms with van der Waals surface area (Å²) < 4.78 is 0. The fourth-order valence-electron chi connectivity index (χ4n) is 4.97. The summed E-state index contributed by atoms with van der Waals surface area (Å²) in [5.74, 6) is 0.194. The SMILES string of the molecule is Nc1nc(-c2ccccc2)ccc1C(=[NH2+])C(=O)N1CCN2CCC23CCC13. The monoisotopic (exact) mass is 362 g/mol. The van der Waals surface area contributed by atoms with Crippen molar-refractivity contribution in [3.63, 3.8) is 0 Å². The number of piperazine rings is 1. The molecule has 1 aromatic heterocycles. The second kappa shape index (κ2) is 5.89. The van der Waals surface area contributed by atoms with Crippen LogP contribution in [0.15, 0.2) is 42.5 Å². The molecule has 2 saturated heterocycles. The van der Waals surface area contributed by atoms with Gasteiger partial charge in [0.1, 0.15) is 5.82 Å². The Morgan fingerprint density at radius 1 is 1.11 bits per heavy atom. The van der Waals surface area contributed by atoms with Crippen LogP contribution < -0.4 is 11.1 Å². The van der Waals surface area contributed by atoms with Gasteiger partial charge in [-0.2, -0.15) is 0 Å². The maximum absolute atomic E-state index is 13.1. The van der Waals surface area contributed by atoms with Gasteiger partial charge in [-0.1, -0.05) is 30.3 Å². The van der Waals surface area contributed by atoms with Crippen LogP contribution in [-0.4, -0.2) is 57.6 Å². The number of anilines is 1. The minimum Gasteiger partial charge on any atom is -0.383 e. The van der Waals surface area contributed by atoms with Gasteiger partial charge in [-0.15, -0.1) is 0 Å². The molecule has 1 aromatic carbocycles. The second-order valence-electron chi connectivity index (χ2n) is 7.80. The molecule has 2 aliphatic heterocycles. The van der Waals surface area contributed by atoms with E-state index in [1.165, 1.54) is 12.8 Å². The fourth-order valence-corrected chi connectivity index (χ4v) is 4.97. The third kappa shape index (κ3) is 2.33. The van der Waals surface area contributed by atoms with Crippen molar-refractivity contribution in [1.29, 1.82) is 0 Å².